The fourth-order valence-corrected chi connectivity index (χ4v) is 2.88. The highest BCUT2D eigenvalue weighted by Gasteiger charge is 2.18. The lowest BCUT2D eigenvalue weighted by atomic mass is 10.2. The Bertz CT molecular complexity index is 712. The minimum absolute atomic E-state index is 0.0585. The van der Waals surface area contributed by atoms with E-state index in [-0.39, 0.29) is 10.6 Å². The molecule has 0 radical (unpaired) electrons. The maximum Gasteiger partial charge on any atom is 0.265 e. The monoisotopic (exact) mass is 277 g/mol. The zero-order valence-corrected chi connectivity index (χ0v) is 11.5. The standard InChI is InChI=1S/C13H15N3O2S/c1-9-5-6-12(11(14)8-9)19(17,18)16-13-10(2)4-3-7-15-13/h3-8H,14H2,1-2H3,(H,15,16). The molecular formula is C13H15N3O2S. The maximum absolute atomic E-state index is 12.3. The minimum Gasteiger partial charge on any atom is -0.398 e. The highest BCUT2D eigenvalue weighted by molar-refractivity contribution is 7.92. The lowest BCUT2D eigenvalue weighted by Crippen LogP contribution is -2.16. The number of aryl methyl sites for hydroxylation is 2. The summed E-state index contributed by atoms with van der Waals surface area (Å²) >= 11 is 0. The fourth-order valence-electron chi connectivity index (χ4n) is 1.69. The van der Waals surface area contributed by atoms with Crippen LogP contribution in [-0.4, -0.2) is 13.4 Å². The largest absolute Gasteiger partial charge is 0.398 e. The number of nitrogens with zero attached hydrogens (tertiary/aromatic N) is 1. The number of anilines is 2. The van der Waals surface area contributed by atoms with E-state index in [9.17, 15) is 8.42 Å². The first-order valence-corrected chi connectivity index (χ1v) is 7.19. The number of hydrogen-bond donors (Lipinski definition) is 2. The first-order valence-electron chi connectivity index (χ1n) is 5.71. The Morgan fingerprint density at radius 2 is 1.95 bits per heavy atom. The van der Waals surface area contributed by atoms with E-state index in [1.165, 1.54) is 12.3 Å². The van der Waals surface area contributed by atoms with Gasteiger partial charge in [-0.15, -0.1) is 0 Å². The van der Waals surface area contributed by atoms with Crippen LogP contribution in [0.25, 0.3) is 0 Å². The van der Waals surface area contributed by atoms with Crippen molar-refractivity contribution in [3.05, 3.63) is 47.7 Å². The number of aromatic nitrogens is 1. The Labute approximate surface area is 112 Å². The molecule has 0 fully saturated rings. The molecule has 0 aliphatic heterocycles. The van der Waals surface area contributed by atoms with Gasteiger partial charge in [0, 0.05) is 6.20 Å². The third kappa shape index (κ3) is 2.85. The van der Waals surface area contributed by atoms with Gasteiger partial charge in [0.1, 0.15) is 10.7 Å². The summed E-state index contributed by atoms with van der Waals surface area (Å²) < 4.78 is 27.0. The third-order valence-electron chi connectivity index (χ3n) is 2.70. The number of rotatable bonds is 3. The molecule has 3 N–H and O–H groups in total. The number of nitrogens with two attached hydrogens (primary N) is 1. The zero-order valence-electron chi connectivity index (χ0n) is 10.7. The predicted molar refractivity (Wildman–Crippen MR) is 75.4 cm³/mol. The van der Waals surface area contributed by atoms with Gasteiger partial charge in [0.15, 0.2) is 0 Å². The first kappa shape index (κ1) is 13.4. The van der Waals surface area contributed by atoms with Gasteiger partial charge in [-0.3, -0.25) is 4.72 Å². The van der Waals surface area contributed by atoms with Crippen molar-refractivity contribution >= 4 is 21.5 Å². The van der Waals surface area contributed by atoms with Gasteiger partial charge < -0.3 is 5.73 Å². The average Bonchev–Trinajstić information content (AvgIpc) is 2.31. The van der Waals surface area contributed by atoms with Gasteiger partial charge in [-0.25, -0.2) is 13.4 Å². The SMILES string of the molecule is Cc1ccc(S(=O)(=O)Nc2ncccc2C)c(N)c1. The Hall–Kier alpha value is -2.08. The molecular weight excluding hydrogens is 262 g/mol. The van der Waals surface area contributed by atoms with Crippen molar-refractivity contribution in [3.8, 4) is 0 Å². The highest BCUT2D eigenvalue weighted by Crippen LogP contribution is 2.22. The van der Waals surface area contributed by atoms with Crippen molar-refractivity contribution in [1.29, 1.82) is 0 Å². The summed E-state index contributed by atoms with van der Waals surface area (Å²) in [6.07, 6.45) is 1.53. The first-order chi connectivity index (χ1) is 8.90. The summed E-state index contributed by atoms with van der Waals surface area (Å²) in [4.78, 5) is 4.06. The van der Waals surface area contributed by atoms with E-state index in [4.69, 9.17) is 5.73 Å². The summed E-state index contributed by atoms with van der Waals surface area (Å²) in [7, 11) is -3.72. The van der Waals surface area contributed by atoms with Gasteiger partial charge in [0.25, 0.3) is 10.0 Å². The number of pyridine rings is 1. The second-order valence-electron chi connectivity index (χ2n) is 4.32. The molecule has 0 bridgehead atoms. The van der Waals surface area contributed by atoms with Gasteiger partial charge in [-0.05, 0) is 43.2 Å². The zero-order chi connectivity index (χ0) is 14.0. The van der Waals surface area contributed by atoms with Crippen molar-refractivity contribution in [2.75, 3.05) is 10.5 Å². The molecule has 5 nitrogen and oxygen atoms in total. The average molecular weight is 277 g/mol. The predicted octanol–water partition coefficient (Wildman–Crippen LogP) is 2.08. The Morgan fingerprint density at radius 3 is 2.58 bits per heavy atom. The van der Waals surface area contributed by atoms with E-state index >= 15 is 0 Å². The molecule has 100 valence electrons. The van der Waals surface area contributed by atoms with E-state index < -0.39 is 10.0 Å². The van der Waals surface area contributed by atoms with Crippen LogP contribution in [-0.2, 0) is 10.0 Å². The van der Waals surface area contributed by atoms with E-state index in [1.807, 2.05) is 6.92 Å². The van der Waals surface area contributed by atoms with Crippen molar-refractivity contribution in [1.82, 2.24) is 4.98 Å². The molecule has 2 rings (SSSR count). The van der Waals surface area contributed by atoms with E-state index in [0.717, 1.165) is 11.1 Å². The van der Waals surface area contributed by atoms with Gasteiger partial charge in [0.2, 0.25) is 0 Å². The lowest BCUT2D eigenvalue weighted by Gasteiger charge is -2.11. The van der Waals surface area contributed by atoms with E-state index in [0.29, 0.717) is 5.82 Å². The van der Waals surface area contributed by atoms with Crippen molar-refractivity contribution in [3.63, 3.8) is 0 Å². The minimum atomic E-state index is -3.72. The quantitative estimate of drug-likeness (QED) is 0.841. The fraction of sp³-hybridized carbons (Fsp3) is 0.154. The second-order valence-corrected chi connectivity index (χ2v) is 5.97. The normalized spacial score (nSPS) is 11.3. The molecule has 0 aliphatic carbocycles. The molecule has 0 amide bonds. The molecule has 0 saturated carbocycles. The van der Waals surface area contributed by atoms with Crippen molar-refractivity contribution < 1.29 is 8.42 Å². The van der Waals surface area contributed by atoms with Crippen LogP contribution >= 0.6 is 0 Å². The second kappa shape index (κ2) is 4.89. The topological polar surface area (TPSA) is 85.1 Å². The van der Waals surface area contributed by atoms with Crippen LogP contribution in [0.4, 0.5) is 11.5 Å². The molecule has 0 saturated heterocycles. The van der Waals surface area contributed by atoms with Crippen LogP contribution < -0.4 is 10.5 Å². The molecule has 1 aromatic carbocycles. The third-order valence-corrected chi connectivity index (χ3v) is 4.11. The van der Waals surface area contributed by atoms with Gasteiger partial charge >= 0.3 is 0 Å². The summed E-state index contributed by atoms with van der Waals surface area (Å²) in [6.45, 7) is 3.63. The van der Waals surface area contributed by atoms with Crippen molar-refractivity contribution in [2.24, 2.45) is 0 Å². The van der Waals surface area contributed by atoms with Crippen LogP contribution in [0.5, 0.6) is 0 Å². The summed E-state index contributed by atoms with van der Waals surface area (Å²) in [5.74, 6) is 0.308. The molecule has 19 heavy (non-hydrogen) atoms. The highest BCUT2D eigenvalue weighted by atomic mass is 32.2. The molecule has 0 unspecified atom stereocenters. The molecule has 0 spiro atoms. The van der Waals surface area contributed by atoms with Crippen molar-refractivity contribution in [2.45, 2.75) is 18.7 Å². The molecule has 0 atom stereocenters. The summed E-state index contributed by atoms with van der Waals surface area (Å²) in [6, 6.07) is 8.35. The number of hydrogen-bond acceptors (Lipinski definition) is 4. The van der Waals surface area contributed by atoms with Gasteiger partial charge in [-0.1, -0.05) is 12.1 Å². The van der Waals surface area contributed by atoms with Crippen LogP contribution in [0.2, 0.25) is 0 Å². The van der Waals surface area contributed by atoms with Gasteiger partial charge in [0.05, 0.1) is 5.69 Å². The van der Waals surface area contributed by atoms with Crippen LogP contribution in [0.3, 0.4) is 0 Å². The Balaban J connectivity index is 2.41. The van der Waals surface area contributed by atoms with Crippen LogP contribution in [0, 0.1) is 13.8 Å². The molecule has 1 aromatic heterocycles. The lowest BCUT2D eigenvalue weighted by molar-refractivity contribution is 0.601. The van der Waals surface area contributed by atoms with Crippen LogP contribution in [0.15, 0.2) is 41.4 Å². The van der Waals surface area contributed by atoms with Crippen LogP contribution in [0.1, 0.15) is 11.1 Å². The number of nitrogens with one attached hydrogen (secondary N) is 1. The smallest absolute Gasteiger partial charge is 0.265 e. The Kier molecular flexibility index (Phi) is 3.44. The summed E-state index contributed by atoms with van der Waals surface area (Å²) in [5.41, 5.74) is 7.64. The van der Waals surface area contributed by atoms with E-state index in [1.54, 1.807) is 31.2 Å². The molecule has 2 aromatic rings. The summed E-state index contributed by atoms with van der Waals surface area (Å²) in [5, 5.41) is 0. The number of sulfonamides is 1. The maximum atomic E-state index is 12.3. The molecule has 1 heterocycles. The van der Waals surface area contributed by atoms with Gasteiger partial charge in [-0.2, -0.15) is 0 Å². The number of benzene rings is 1. The molecule has 0 aliphatic rings. The Morgan fingerprint density at radius 1 is 1.21 bits per heavy atom. The molecule has 6 heteroatoms. The number of nitrogen functional groups attached to an aromatic ring is 1. The van der Waals surface area contributed by atoms with E-state index in [2.05, 4.69) is 9.71 Å².